The zero-order chi connectivity index (χ0) is 26.8. The van der Waals surface area contributed by atoms with Crippen molar-refractivity contribution in [1.82, 2.24) is 10.2 Å². The Morgan fingerprint density at radius 1 is 1.03 bits per heavy atom. The molecule has 0 aliphatic carbocycles. The molecule has 2 aromatic rings. The highest BCUT2D eigenvalue weighted by atomic mass is 35.5. The lowest BCUT2D eigenvalue weighted by Crippen LogP contribution is -2.32. The van der Waals surface area contributed by atoms with Gasteiger partial charge in [0, 0.05) is 25.9 Å². The van der Waals surface area contributed by atoms with E-state index in [-0.39, 0.29) is 30.5 Å². The standard InChI is InChI=1S/C26H27F7N2O.ClH/c1-15-10-21(27)4-5-22(15)23(17-6-8-34-9-7-17)14-24(36)35(3)16(2)18-11-19(25(28,29)30)13-20(12-18)26(31,32)33;/h4-6,10-13,16,23,34H,7-9,14H2,1-3H3;1H/t16-,23?;/m1./s1. The zero-order valence-electron chi connectivity index (χ0n) is 20.4. The molecule has 0 bridgehead atoms. The van der Waals surface area contributed by atoms with E-state index >= 15 is 0 Å². The molecule has 0 spiro atoms. The monoisotopic (exact) mass is 552 g/mol. The van der Waals surface area contributed by atoms with Crippen LogP contribution in [0.15, 0.2) is 48.0 Å². The van der Waals surface area contributed by atoms with Gasteiger partial charge >= 0.3 is 12.4 Å². The maximum Gasteiger partial charge on any atom is 0.416 e. The minimum atomic E-state index is -4.98. The predicted octanol–water partition coefficient (Wildman–Crippen LogP) is 7.21. The fraction of sp³-hybridized carbons (Fsp3) is 0.423. The number of carbonyl (C=O) groups is 1. The Hall–Kier alpha value is -2.59. The highest BCUT2D eigenvalue weighted by Crippen LogP contribution is 2.39. The Morgan fingerprint density at radius 2 is 1.62 bits per heavy atom. The van der Waals surface area contributed by atoms with Gasteiger partial charge in [0.05, 0.1) is 17.2 Å². The number of carbonyl (C=O) groups excluding carboxylic acids is 1. The number of hydrogen-bond acceptors (Lipinski definition) is 2. The Morgan fingerprint density at radius 3 is 2.11 bits per heavy atom. The lowest BCUT2D eigenvalue weighted by Gasteiger charge is -2.30. The number of nitrogens with one attached hydrogen (secondary N) is 1. The number of rotatable bonds is 6. The quantitative estimate of drug-likeness (QED) is 0.303. The zero-order valence-corrected chi connectivity index (χ0v) is 21.3. The third kappa shape index (κ3) is 7.47. The van der Waals surface area contributed by atoms with Crippen molar-refractivity contribution in [3.05, 3.63) is 81.7 Å². The van der Waals surface area contributed by atoms with Crippen molar-refractivity contribution >= 4 is 18.3 Å². The van der Waals surface area contributed by atoms with Crippen molar-refractivity contribution < 1.29 is 35.5 Å². The van der Waals surface area contributed by atoms with Crippen LogP contribution in [-0.2, 0) is 17.1 Å². The van der Waals surface area contributed by atoms with Gasteiger partial charge in [0.2, 0.25) is 5.91 Å². The van der Waals surface area contributed by atoms with Crippen LogP contribution in [0.25, 0.3) is 0 Å². The van der Waals surface area contributed by atoms with Gasteiger partial charge in [-0.25, -0.2) is 4.39 Å². The Balaban J connectivity index is 0.00000481. The Bertz CT molecular complexity index is 1110. The molecule has 1 heterocycles. The fourth-order valence-electron chi connectivity index (χ4n) is 4.41. The second kappa shape index (κ2) is 11.9. The molecule has 3 rings (SSSR count). The molecule has 0 aromatic heterocycles. The van der Waals surface area contributed by atoms with Crippen molar-refractivity contribution in [2.24, 2.45) is 0 Å². The molecule has 37 heavy (non-hydrogen) atoms. The van der Waals surface area contributed by atoms with Crippen molar-refractivity contribution in [1.29, 1.82) is 0 Å². The van der Waals surface area contributed by atoms with Gasteiger partial charge in [-0.2, -0.15) is 26.3 Å². The van der Waals surface area contributed by atoms with E-state index in [1.165, 1.54) is 26.1 Å². The van der Waals surface area contributed by atoms with Crippen LogP contribution in [0.1, 0.15) is 59.5 Å². The third-order valence-corrected chi connectivity index (χ3v) is 6.60. The smallest absolute Gasteiger partial charge is 0.339 e. The number of alkyl halides is 6. The molecule has 1 amide bonds. The molecule has 0 fully saturated rings. The second-order valence-electron chi connectivity index (χ2n) is 9.01. The first-order valence-electron chi connectivity index (χ1n) is 11.4. The fourth-order valence-corrected chi connectivity index (χ4v) is 4.41. The molecule has 0 radical (unpaired) electrons. The summed E-state index contributed by atoms with van der Waals surface area (Å²) < 4.78 is 93.5. The highest BCUT2D eigenvalue weighted by molar-refractivity contribution is 5.85. The summed E-state index contributed by atoms with van der Waals surface area (Å²) in [5, 5.41) is 3.18. The van der Waals surface area contributed by atoms with Gasteiger partial charge in [-0.3, -0.25) is 4.79 Å². The number of nitrogens with zero attached hydrogens (tertiary/aromatic N) is 1. The molecule has 2 aromatic carbocycles. The van der Waals surface area contributed by atoms with Crippen LogP contribution in [0.5, 0.6) is 0 Å². The van der Waals surface area contributed by atoms with Crippen molar-refractivity contribution in [2.75, 3.05) is 20.1 Å². The first-order chi connectivity index (χ1) is 16.7. The molecular weight excluding hydrogens is 525 g/mol. The van der Waals surface area contributed by atoms with Gasteiger partial charge in [-0.1, -0.05) is 17.7 Å². The molecular formula is C26H28ClF7N2O. The van der Waals surface area contributed by atoms with Crippen LogP contribution in [0.4, 0.5) is 30.7 Å². The van der Waals surface area contributed by atoms with E-state index in [4.69, 9.17) is 0 Å². The number of amides is 1. The lowest BCUT2D eigenvalue weighted by atomic mass is 9.82. The molecule has 11 heteroatoms. The summed E-state index contributed by atoms with van der Waals surface area (Å²) in [4.78, 5) is 14.4. The average molecular weight is 553 g/mol. The van der Waals surface area contributed by atoms with Crippen LogP contribution in [0.3, 0.4) is 0 Å². The van der Waals surface area contributed by atoms with Crippen LogP contribution in [0, 0.1) is 12.7 Å². The summed E-state index contributed by atoms with van der Waals surface area (Å²) in [5.41, 5.74) is -0.771. The van der Waals surface area contributed by atoms with E-state index in [2.05, 4.69) is 5.32 Å². The van der Waals surface area contributed by atoms with Crippen molar-refractivity contribution in [3.63, 3.8) is 0 Å². The molecule has 0 saturated carbocycles. The van der Waals surface area contributed by atoms with Gasteiger partial charge in [-0.05, 0) is 73.8 Å². The molecule has 1 aliphatic rings. The summed E-state index contributed by atoms with van der Waals surface area (Å²) >= 11 is 0. The maximum atomic E-state index is 13.7. The van der Waals surface area contributed by atoms with E-state index in [1.807, 2.05) is 6.08 Å². The first-order valence-corrected chi connectivity index (χ1v) is 11.4. The van der Waals surface area contributed by atoms with E-state index in [9.17, 15) is 35.5 Å². The van der Waals surface area contributed by atoms with Gasteiger partial charge in [0.1, 0.15) is 5.82 Å². The molecule has 1 unspecified atom stereocenters. The van der Waals surface area contributed by atoms with Crippen molar-refractivity contribution in [2.45, 2.75) is 51.0 Å². The topological polar surface area (TPSA) is 32.3 Å². The Labute approximate surface area is 217 Å². The second-order valence-corrected chi connectivity index (χ2v) is 9.01. The summed E-state index contributed by atoms with van der Waals surface area (Å²) in [6.45, 7) is 4.39. The molecule has 2 atom stereocenters. The summed E-state index contributed by atoms with van der Waals surface area (Å²) in [6.07, 6.45) is -7.42. The minimum absolute atomic E-state index is 0. The summed E-state index contributed by atoms with van der Waals surface area (Å²) in [6, 6.07) is 4.56. The molecule has 1 N–H and O–H groups in total. The number of hydrogen-bond donors (Lipinski definition) is 1. The Kier molecular flexibility index (Phi) is 9.81. The maximum absolute atomic E-state index is 13.7. The van der Waals surface area contributed by atoms with E-state index in [1.54, 1.807) is 13.0 Å². The summed E-state index contributed by atoms with van der Waals surface area (Å²) in [7, 11) is 1.35. The molecule has 204 valence electrons. The van der Waals surface area contributed by atoms with E-state index < -0.39 is 47.2 Å². The number of aryl methyl sites for hydroxylation is 1. The van der Waals surface area contributed by atoms with Gasteiger partial charge < -0.3 is 10.2 Å². The van der Waals surface area contributed by atoms with E-state index in [0.717, 1.165) is 16.0 Å². The average Bonchev–Trinajstić information content (AvgIpc) is 2.81. The number of halogens is 8. The minimum Gasteiger partial charge on any atom is -0.339 e. The molecule has 0 saturated heterocycles. The molecule has 1 aliphatic heterocycles. The van der Waals surface area contributed by atoms with Gasteiger partial charge in [-0.15, -0.1) is 12.4 Å². The van der Waals surface area contributed by atoms with Crippen LogP contribution in [-0.4, -0.2) is 30.9 Å². The normalized spacial score (nSPS) is 15.9. The first kappa shape index (κ1) is 30.6. The van der Waals surface area contributed by atoms with E-state index in [0.29, 0.717) is 37.2 Å². The number of benzene rings is 2. The predicted molar refractivity (Wildman–Crippen MR) is 129 cm³/mol. The van der Waals surface area contributed by atoms with Crippen LogP contribution >= 0.6 is 12.4 Å². The third-order valence-electron chi connectivity index (χ3n) is 6.60. The lowest BCUT2D eigenvalue weighted by molar-refractivity contribution is -0.143. The van der Waals surface area contributed by atoms with Crippen LogP contribution < -0.4 is 5.32 Å². The SMILES string of the molecule is Cc1cc(F)ccc1C(CC(=O)N(C)[C@H](C)c1cc(C(F)(F)F)cc(C(F)(F)F)c1)C1=CCNCC1.Cl. The molecule has 3 nitrogen and oxygen atoms in total. The van der Waals surface area contributed by atoms with Gasteiger partial charge in [0.15, 0.2) is 0 Å². The highest BCUT2D eigenvalue weighted by Gasteiger charge is 2.38. The van der Waals surface area contributed by atoms with Crippen molar-refractivity contribution in [3.8, 4) is 0 Å². The largest absolute Gasteiger partial charge is 0.416 e. The van der Waals surface area contributed by atoms with Gasteiger partial charge in [0.25, 0.3) is 0 Å². The van der Waals surface area contributed by atoms with Crippen LogP contribution in [0.2, 0.25) is 0 Å². The summed E-state index contributed by atoms with van der Waals surface area (Å²) in [5.74, 6) is -1.28.